The fourth-order valence-electron chi connectivity index (χ4n) is 1.84. The Kier molecular flexibility index (Phi) is 6.37. The van der Waals surface area contributed by atoms with Gasteiger partial charge in [-0.1, -0.05) is 0 Å². The van der Waals surface area contributed by atoms with Gasteiger partial charge in [0.25, 0.3) is 0 Å². The molecular formula is C11H16ClNO8. The van der Waals surface area contributed by atoms with Gasteiger partial charge in [0, 0.05) is 0 Å². The van der Waals surface area contributed by atoms with Crippen molar-refractivity contribution in [3.05, 3.63) is 11.8 Å². The lowest BCUT2D eigenvalue weighted by molar-refractivity contribution is -0.149. The van der Waals surface area contributed by atoms with Gasteiger partial charge in [0.1, 0.15) is 24.2 Å². The molecule has 120 valence electrons. The molecule has 0 radical (unpaired) electrons. The summed E-state index contributed by atoms with van der Waals surface area (Å²) in [5.74, 6) is -3.25. The molecule has 1 amide bonds. The number of nitrogens with one attached hydrogen (secondary N) is 1. The average Bonchev–Trinajstić information content (AvgIpc) is 2.46. The van der Waals surface area contributed by atoms with Crippen LogP contribution in [0.25, 0.3) is 0 Å². The molecule has 1 rings (SSSR count). The largest absolute Gasteiger partial charge is 0.478 e. The van der Waals surface area contributed by atoms with Crippen LogP contribution >= 0.6 is 11.6 Å². The van der Waals surface area contributed by atoms with Gasteiger partial charge in [-0.15, -0.1) is 11.6 Å². The minimum atomic E-state index is -1.74. The monoisotopic (exact) mass is 325 g/mol. The van der Waals surface area contributed by atoms with Crippen LogP contribution < -0.4 is 5.32 Å². The predicted octanol–water partition coefficient (Wildman–Crippen LogP) is -2.85. The molecule has 0 fully saturated rings. The molecule has 10 heteroatoms. The zero-order valence-electron chi connectivity index (χ0n) is 10.7. The number of aliphatic carboxylic acids is 1. The summed E-state index contributed by atoms with van der Waals surface area (Å²) in [6, 6.07) is -1.24. The van der Waals surface area contributed by atoms with Crippen LogP contribution in [-0.2, 0) is 14.3 Å². The van der Waals surface area contributed by atoms with Crippen molar-refractivity contribution in [2.75, 3.05) is 12.5 Å². The van der Waals surface area contributed by atoms with E-state index in [0.717, 1.165) is 6.08 Å². The minimum Gasteiger partial charge on any atom is -0.478 e. The van der Waals surface area contributed by atoms with Gasteiger partial charge in [-0.25, -0.2) is 4.79 Å². The van der Waals surface area contributed by atoms with E-state index >= 15 is 0 Å². The second-order valence-corrected chi connectivity index (χ2v) is 4.64. The smallest absolute Gasteiger partial charge is 0.370 e. The maximum absolute atomic E-state index is 11.3. The molecule has 0 saturated heterocycles. The molecular weight excluding hydrogens is 310 g/mol. The molecule has 5 atom stereocenters. The third kappa shape index (κ3) is 4.29. The van der Waals surface area contributed by atoms with Gasteiger partial charge >= 0.3 is 5.97 Å². The third-order valence-electron chi connectivity index (χ3n) is 2.88. The number of carboxylic acid groups (broad SMARTS) is 1. The number of carbonyl (C=O) groups is 2. The molecule has 0 bridgehead atoms. The van der Waals surface area contributed by atoms with Gasteiger partial charge in [-0.2, -0.15) is 0 Å². The van der Waals surface area contributed by atoms with E-state index < -0.39 is 60.6 Å². The molecule has 1 aliphatic rings. The van der Waals surface area contributed by atoms with E-state index in [2.05, 4.69) is 5.32 Å². The van der Waals surface area contributed by atoms with Gasteiger partial charge in [-0.3, -0.25) is 4.79 Å². The summed E-state index contributed by atoms with van der Waals surface area (Å²) in [4.78, 5) is 22.2. The molecule has 9 nitrogen and oxygen atoms in total. The van der Waals surface area contributed by atoms with Crippen molar-refractivity contribution in [1.29, 1.82) is 0 Å². The summed E-state index contributed by atoms with van der Waals surface area (Å²) < 4.78 is 4.98. The van der Waals surface area contributed by atoms with E-state index in [9.17, 15) is 24.9 Å². The van der Waals surface area contributed by atoms with Crippen molar-refractivity contribution < 1.29 is 39.9 Å². The Morgan fingerprint density at radius 2 is 2.05 bits per heavy atom. The number of hydrogen-bond donors (Lipinski definition) is 6. The number of hydrogen-bond acceptors (Lipinski definition) is 7. The Morgan fingerprint density at radius 1 is 1.43 bits per heavy atom. The van der Waals surface area contributed by atoms with Gasteiger partial charge in [-0.05, 0) is 6.08 Å². The van der Waals surface area contributed by atoms with Gasteiger partial charge in [0.15, 0.2) is 6.10 Å². The van der Waals surface area contributed by atoms with E-state index in [1.54, 1.807) is 0 Å². The maximum Gasteiger partial charge on any atom is 0.370 e. The van der Waals surface area contributed by atoms with E-state index in [1.165, 1.54) is 0 Å². The minimum absolute atomic E-state index is 0.426. The van der Waals surface area contributed by atoms with Gasteiger partial charge < -0.3 is 35.6 Å². The molecule has 0 aromatic rings. The summed E-state index contributed by atoms with van der Waals surface area (Å²) in [5, 5.41) is 49.1. The molecule has 0 unspecified atom stereocenters. The van der Waals surface area contributed by atoms with Crippen LogP contribution in [0.4, 0.5) is 0 Å². The second-order valence-electron chi connectivity index (χ2n) is 4.38. The first-order valence-corrected chi connectivity index (χ1v) is 6.47. The molecule has 0 spiro atoms. The SMILES string of the molecule is O=C(CCl)N[C@H]1[C@H]([C@H](O)[C@H](O)CO)OC(C(=O)O)=C[C@@H]1O. The van der Waals surface area contributed by atoms with E-state index in [4.69, 9.17) is 26.6 Å². The van der Waals surface area contributed by atoms with Crippen molar-refractivity contribution in [2.45, 2.75) is 30.5 Å². The molecule has 6 N–H and O–H groups in total. The fraction of sp³-hybridized carbons (Fsp3) is 0.636. The maximum atomic E-state index is 11.3. The summed E-state index contributed by atoms with van der Waals surface area (Å²) in [6.45, 7) is -0.820. The number of carbonyl (C=O) groups excluding carboxylic acids is 1. The lowest BCUT2D eigenvalue weighted by Crippen LogP contribution is -2.60. The van der Waals surface area contributed by atoms with E-state index in [0.29, 0.717) is 0 Å². The molecule has 1 heterocycles. The number of halogens is 1. The number of aliphatic hydroxyl groups excluding tert-OH is 4. The topological polar surface area (TPSA) is 157 Å². The first kappa shape index (κ1) is 17.7. The van der Waals surface area contributed by atoms with Gasteiger partial charge in [0.2, 0.25) is 11.7 Å². The highest BCUT2D eigenvalue weighted by molar-refractivity contribution is 6.27. The lowest BCUT2D eigenvalue weighted by Gasteiger charge is -2.38. The summed E-state index contributed by atoms with van der Waals surface area (Å²) in [5.41, 5.74) is 0. The molecule has 0 aromatic heterocycles. The zero-order valence-corrected chi connectivity index (χ0v) is 11.5. The molecule has 0 aliphatic carbocycles. The van der Waals surface area contributed by atoms with Crippen molar-refractivity contribution in [3.8, 4) is 0 Å². The molecule has 21 heavy (non-hydrogen) atoms. The second kappa shape index (κ2) is 7.57. The first-order chi connectivity index (χ1) is 9.81. The third-order valence-corrected chi connectivity index (χ3v) is 3.13. The van der Waals surface area contributed by atoms with E-state index in [1.807, 2.05) is 0 Å². The fourth-order valence-corrected chi connectivity index (χ4v) is 1.91. The summed E-state index contributed by atoms with van der Waals surface area (Å²) in [7, 11) is 0. The highest BCUT2D eigenvalue weighted by Gasteiger charge is 2.43. The van der Waals surface area contributed by atoms with Crippen LogP contribution in [0.5, 0.6) is 0 Å². The summed E-state index contributed by atoms with van der Waals surface area (Å²) >= 11 is 5.32. The number of rotatable bonds is 6. The number of carboxylic acids is 1. The lowest BCUT2D eigenvalue weighted by atomic mass is 9.94. The quantitative estimate of drug-likeness (QED) is 0.285. The Balaban J connectivity index is 3.04. The number of amides is 1. The van der Waals surface area contributed by atoms with Crippen LogP contribution in [0, 0.1) is 0 Å². The average molecular weight is 326 g/mol. The normalized spacial score (nSPS) is 28.0. The molecule has 0 saturated carbocycles. The van der Waals surface area contributed by atoms with Crippen molar-refractivity contribution in [1.82, 2.24) is 5.32 Å². The molecule has 0 aromatic carbocycles. The molecule has 1 aliphatic heterocycles. The number of ether oxygens (including phenoxy) is 1. The van der Waals surface area contributed by atoms with E-state index in [-0.39, 0.29) is 0 Å². The zero-order chi connectivity index (χ0) is 16.2. The highest BCUT2D eigenvalue weighted by Crippen LogP contribution is 2.22. The van der Waals surface area contributed by atoms with Gasteiger partial charge in [0.05, 0.1) is 12.6 Å². The predicted molar refractivity (Wildman–Crippen MR) is 68.3 cm³/mol. The summed E-state index contributed by atoms with van der Waals surface area (Å²) in [6.07, 6.45) is -5.51. The van der Waals surface area contributed by atoms with Crippen molar-refractivity contribution in [3.63, 3.8) is 0 Å². The van der Waals surface area contributed by atoms with Crippen molar-refractivity contribution in [2.24, 2.45) is 0 Å². The van der Waals surface area contributed by atoms with Crippen molar-refractivity contribution >= 4 is 23.5 Å². The number of alkyl halides is 1. The Labute approximate surface area is 124 Å². The van der Waals surface area contributed by atoms with Crippen LogP contribution in [0.2, 0.25) is 0 Å². The van der Waals surface area contributed by atoms with Crippen LogP contribution in [-0.4, -0.2) is 80.4 Å². The van der Waals surface area contributed by atoms with Crippen LogP contribution in [0.15, 0.2) is 11.8 Å². The Morgan fingerprint density at radius 3 is 2.52 bits per heavy atom. The highest BCUT2D eigenvalue weighted by atomic mass is 35.5. The standard InChI is InChI=1S/C11H16ClNO8/c12-2-7(17)13-8-4(15)1-6(11(19)20)21-10(8)9(18)5(16)3-14/h1,4-5,8-10,14-16,18H,2-3H2,(H,13,17)(H,19,20)/t4-,5+,8+,9+,10+/m0/s1. The Bertz CT molecular complexity index is 428. The van der Waals surface area contributed by atoms with Crippen LogP contribution in [0.3, 0.4) is 0 Å². The Hall–Kier alpha value is -1.39. The first-order valence-electron chi connectivity index (χ1n) is 5.94. The number of aliphatic hydroxyl groups is 4. The van der Waals surface area contributed by atoms with Crippen LogP contribution in [0.1, 0.15) is 0 Å².